The van der Waals surface area contributed by atoms with Gasteiger partial charge >= 0.3 is 0 Å². The van der Waals surface area contributed by atoms with Crippen molar-refractivity contribution in [2.24, 2.45) is 7.05 Å². The number of rotatable bonds is 7. The van der Waals surface area contributed by atoms with Gasteiger partial charge in [-0.3, -0.25) is 4.79 Å². The van der Waals surface area contributed by atoms with Crippen LogP contribution in [0.2, 0.25) is 0 Å². The maximum atomic E-state index is 11.8. The third kappa shape index (κ3) is 4.35. The van der Waals surface area contributed by atoms with E-state index in [9.17, 15) is 9.90 Å². The second kappa shape index (κ2) is 7.64. The second-order valence-electron chi connectivity index (χ2n) is 4.47. The number of phenols is 1. The lowest BCUT2D eigenvalue weighted by molar-refractivity contribution is -0.120. The van der Waals surface area contributed by atoms with Gasteiger partial charge in [0.25, 0.3) is 0 Å². The van der Waals surface area contributed by atoms with Crippen LogP contribution in [0.3, 0.4) is 0 Å². The Balaban J connectivity index is 1.73. The SMILES string of the molecule is COc1ccc(CNC(=O)CCSc2nnnn2C)cc1O. The number of carbonyl (C=O) groups excluding carboxylic acids is 1. The van der Waals surface area contributed by atoms with Crippen LogP contribution < -0.4 is 10.1 Å². The number of aromatic nitrogens is 4. The first kappa shape index (κ1) is 16.1. The third-order valence-corrected chi connectivity index (χ3v) is 3.89. The molecule has 0 fully saturated rings. The van der Waals surface area contributed by atoms with Crippen molar-refractivity contribution < 1.29 is 14.6 Å². The molecule has 0 atom stereocenters. The first-order valence-electron chi connectivity index (χ1n) is 6.58. The van der Waals surface area contributed by atoms with Crippen LogP contribution in [-0.4, -0.2) is 44.1 Å². The van der Waals surface area contributed by atoms with Crippen LogP contribution in [0.4, 0.5) is 0 Å². The van der Waals surface area contributed by atoms with Crippen LogP contribution in [0.15, 0.2) is 23.4 Å². The summed E-state index contributed by atoms with van der Waals surface area (Å²) < 4.78 is 6.52. The lowest BCUT2D eigenvalue weighted by Crippen LogP contribution is -2.23. The molecule has 0 saturated heterocycles. The van der Waals surface area contributed by atoms with Crippen molar-refractivity contribution in [2.75, 3.05) is 12.9 Å². The maximum absolute atomic E-state index is 11.8. The number of aromatic hydroxyl groups is 1. The summed E-state index contributed by atoms with van der Waals surface area (Å²) in [7, 11) is 3.24. The van der Waals surface area contributed by atoms with Gasteiger partial charge in [-0.05, 0) is 28.1 Å². The molecule has 0 aliphatic rings. The summed E-state index contributed by atoms with van der Waals surface area (Å²) in [5.41, 5.74) is 0.803. The van der Waals surface area contributed by atoms with Crippen molar-refractivity contribution in [2.45, 2.75) is 18.1 Å². The summed E-state index contributed by atoms with van der Waals surface area (Å²) in [5, 5.41) is 24.2. The fourth-order valence-corrected chi connectivity index (χ4v) is 2.50. The number of ether oxygens (including phenoxy) is 1. The van der Waals surface area contributed by atoms with Gasteiger partial charge < -0.3 is 15.2 Å². The van der Waals surface area contributed by atoms with E-state index in [-0.39, 0.29) is 11.7 Å². The zero-order valence-electron chi connectivity index (χ0n) is 12.3. The minimum Gasteiger partial charge on any atom is -0.504 e. The Hall–Kier alpha value is -2.29. The fraction of sp³-hybridized carbons (Fsp3) is 0.385. The standard InChI is InChI=1S/C13H17N5O3S/c1-18-13(15-16-17-18)22-6-5-12(20)14-8-9-3-4-11(21-2)10(19)7-9/h3-4,7,19H,5-6,8H2,1-2H3,(H,14,20). The molecule has 118 valence electrons. The number of benzene rings is 1. The van der Waals surface area contributed by atoms with Crippen molar-refractivity contribution in [1.82, 2.24) is 25.5 Å². The minimum atomic E-state index is -0.0714. The number of hydrogen-bond acceptors (Lipinski definition) is 7. The molecule has 0 saturated carbocycles. The quantitative estimate of drug-likeness (QED) is 0.724. The van der Waals surface area contributed by atoms with Crippen molar-refractivity contribution in [3.8, 4) is 11.5 Å². The van der Waals surface area contributed by atoms with Crippen LogP contribution in [0.5, 0.6) is 11.5 Å². The molecule has 0 unspecified atom stereocenters. The van der Waals surface area contributed by atoms with E-state index in [1.807, 2.05) is 0 Å². The molecule has 8 nitrogen and oxygen atoms in total. The Labute approximate surface area is 131 Å². The van der Waals surface area contributed by atoms with Crippen molar-refractivity contribution in [3.05, 3.63) is 23.8 Å². The van der Waals surface area contributed by atoms with Crippen LogP contribution in [-0.2, 0) is 18.4 Å². The second-order valence-corrected chi connectivity index (χ2v) is 5.53. The normalized spacial score (nSPS) is 10.5. The van der Waals surface area contributed by atoms with E-state index in [0.29, 0.717) is 29.6 Å². The highest BCUT2D eigenvalue weighted by molar-refractivity contribution is 7.99. The molecule has 1 aromatic carbocycles. The number of phenolic OH excluding ortho intramolecular Hbond substituents is 1. The largest absolute Gasteiger partial charge is 0.504 e. The van der Waals surface area contributed by atoms with E-state index < -0.39 is 0 Å². The number of thioether (sulfide) groups is 1. The van der Waals surface area contributed by atoms with E-state index >= 15 is 0 Å². The number of amides is 1. The molecule has 9 heteroatoms. The lowest BCUT2D eigenvalue weighted by atomic mass is 10.2. The van der Waals surface area contributed by atoms with Crippen molar-refractivity contribution in [1.29, 1.82) is 0 Å². The van der Waals surface area contributed by atoms with Gasteiger partial charge in [-0.1, -0.05) is 17.8 Å². The molecule has 1 amide bonds. The average molecular weight is 323 g/mol. The average Bonchev–Trinajstić information content (AvgIpc) is 2.91. The smallest absolute Gasteiger partial charge is 0.221 e. The molecule has 0 radical (unpaired) electrons. The summed E-state index contributed by atoms with van der Waals surface area (Å²) >= 11 is 1.42. The van der Waals surface area contributed by atoms with Crippen LogP contribution >= 0.6 is 11.8 Å². The molecule has 2 rings (SSSR count). The van der Waals surface area contributed by atoms with Gasteiger partial charge in [0.05, 0.1) is 7.11 Å². The van der Waals surface area contributed by atoms with E-state index in [4.69, 9.17) is 4.74 Å². The molecular weight excluding hydrogens is 306 g/mol. The number of nitrogens with one attached hydrogen (secondary N) is 1. The number of aryl methyl sites for hydroxylation is 1. The highest BCUT2D eigenvalue weighted by Gasteiger charge is 2.07. The predicted octanol–water partition coefficient (Wildman–Crippen LogP) is 0.723. The number of hydrogen-bond donors (Lipinski definition) is 2. The van der Waals surface area contributed by atoms with Crippen molar-refractivity contribution >= 4 is 17.7 Å². The molecule has 1 heterocycles. The first-order chi connectivity index (χ1) is 10.6. The monoisotopic (exact) mass is 323 g/mol. The Morgan fingerprint density at radius 1 is 1.50 bits per heavy atom. The van der Waals surface area contributed by atoms with Crippen LogP contribution in [0.1, 0.15) is 12.0 Å². The summed E-state index contributed by atoms with van der Waals surface area (Å²) in [4.78, 5) is 11.8. The molecule has 22 heavy (non-hydrogen) atoms. The Bertz CT molecular complexity index is 646. The first-order valence-corrected chi connectivity index (χ1v) is 7.56. The van der Waals surface area contributed by atoms with Gasteiger partial charge in [0, 0.05) is 25.8 Å². The Morgan fingerprint density at radius 3 is 2.95 bits per heavy atom. The Morgan fingerprint density at radius 2 is 2.32 bits per heavy atom. The predicted molar refractivity (Wildman–Crippen MR) is 80.6 cm³/mol. The van der Waals surface area contributed by atoms with Gasteiger partial charge in [0.1, 0.15) is 0 Å². The van der Waals surface area contributed by atoms with Crippen LogP contribution in [0.25, 0.3) is 0 Å². The van der Waals surface area contributed by atoms with E-state index in [0.717, 1.165) is 5.56 Å². The highest BCUT2D eigenvalue weighted by Crippen LogP contribution is 2.26. The number of tetrazole rings is 1. The minimum absolute atomic E-state index is 0.0552. The van der Waals surface area contributed by atoms with E-state index in [1.165, 1.54) is 18.9 Å². The van der Waals surface area contributed by atoms with Gasteiger partial charge in [0.2, 0.25) is 11.1 Å². The molecule has 0 spiro atoms. The molecule has 0 aliphatic carbocycles. The highest BCUT2D eigenvalue weighted by atomic mass is 32.2. The van der Waals surface area contributed by atoms with Gasteiger partial charge in [0.15, 0.2) is 11.5 Å². The summed E-state index contributed by atoms with van der Waals surface area (Å²) in [6.07, 6.45) is 0.361. The molecule has 0 bridgehead atoms. The number of carbonyl (C=O) groups is 1. The summed E-state index contributed by atoms with van der Waals surface area (Å²) in [6.45, 7) is 0.354. The van der Waals surface area contributed by atoms with Gasteiger partial charge in [-0.15, -0.1) is 5.10 Å². The number of nitrogens with zero attached hydrogens (tertiary/aromatic N) is 4. The fourth-order valence-electron chi connectivity index (χ4n) is 1.71. The van der Waals surface area contributed by atoms with Gasteiger partial charge in [-0.25, -0.2) is 4.68 Å². The summed E-state index contributed by atoms with van der Waals surface area (Å²) in [5.74, 6) is 0.981. The lowest BCUT2D eigenvalue weighted by Gasteiger charge is -2.08. The molecule has 1 aromatic heterocycles. The topological polar surface area (TPSA) is 102 Å². The third-order valence-electron chi connectivity index (χ3n) is 2.87. The molecule has 0 aliphatic heterocycles. The zero-order chi connectivity index (χ0) is 15.9. The van der Waals surface area contributed by atoms with Crippen LogP contribution in [0, 0.1) is 0 Å². The van der Waals surface area contributed by atoms with E-state index in [1.54, 1.807) is 29.9 Å². The van der Waals surface area contributed by atoms with E-state index in [2.05, 4.69) is 20.8 Å². The maximum Gasteiger partial charge on any atom is 0.221 e. The summed E-state index contributed by atoms with van der Waals surface area (Å²) in [6, 6.07) is 5.02. The molecule has 2 aromatic rings. The molecule has 2 N–H and O–H groups in total. The van der Waals surface area contributed by atoms with Crippen molar-refractivity contribution in [3.63, 3.8) is 0 Å². The Kier molecular flexibility index (Phi) is 5.59. The molecular formula is C13H17N5O3S. The number of methoxy groups -OCH3 is 1. The van der Waals surface area contributed by atoms with Gasteiger partial charge in [-0.2, -0.15) is 0 Å². The zero-order valence-corrected chi connectivity index (χ0v) is 13.1.